The molecule has 0 radical (unpaired) electrons. The van der Waals surface area contributed by atoms with Gasteiger partial charge in [-0.05, 0) is 47.5 Å². The van der Waals surface area contributed by atoms with E-state index in [1.807, 2.05) is 48.8 Å². The summed E-state index contributed by atoms with van der Waals surface area (Å²) in [5.41, 5.74) is 8.50. The standard InChI is InChI=1S/C20H14N4/c1-3-7-21-15(5-1)19-11-13-9-18-14(10-17(13)23-19)12-20(24-18)16-6-2-4-8-22-16/h1-10H,11-12H2. The number of hydrogen-bond acceptors (Lipinski definition) is 4. The minimum absolute atomic E-state index is 0.814. The van der Waals surface area contributed by atoms with Crippen molar-refractivity contribution in [2.75, 3.05) is 0 Å². The molecule has 0 spiro atoms. The van der Waals surface area contributed by atoms with E-state index in [0.29, 0.717) is 0 Å². The Morgan fingerprint density at radius 2 is 1.12 bits per heavy atom. The number of nitrogens with zero attached hydrogens (tertiary/aromatic N) is 4. The highest BCUT2D eigenvalue weighted by atomic mass is 14.9. The normalized spacial score (nSPS) is 14.8. The molecule has 2 aliphatic heterocycles. The van der Waals surface area contributed by atoms with Crippen LogP contribution in [0, 0.1) is 0 Å². The fourth-order valence-corrected chi connectivity index (χ4v) is 3.25. The van der Waals surface area contributed by atoms with Crippen molar-refractivity contribution in [1.82, 2.24) is 9.97 Å². The predicted molar refractivity (Wildman–Crippen MR) is 94.7 cm³/mol. The zero-order valence-electron chi connectivity index (χ0n) is 13.0. The van der Waals surface area contributed by atoms with E-state index < -0.39 is 0 Å². The van der Waals surface area contributed by atoms with Gasteiger partial charge in [-0.3, -0.25) is 20.0 Å². The van der Waals surface area contributed by atoms with Gasteiger partial charge >= 0.3 is 0 Å². The van der Waals surface area contributed by atoms with Gasteiger partial charge in [0, 0.05) is 25.2 Å². The van der Waals surface area contributed by atoms with Gasteiger partial charge in [0.25, 0.3) is 0 Å². The van der Waals surface area contributed by atoms with Crippen LogP contribution in [0.4, 0.5) is 11.4 Å². The molecule has 5 rings (SSSR count). The summed E-state index contributed by atoms with van der Waals surface area (Å²) < 4.78 is 0. The summed E-state index contributed by atoms with van der Waals surface area (Å²) in [7, 11) is 0. The first-order chi connectivity index (χ1) is 11.9. The summed E-state index contributed by atoms with van der Waals surface area (Å²) in [5, 5.41) is 0. The molecule has 4 heterocycles. The van der Waals surface area contributed by atoms with Crippen LogP contribution in [-0.4, -0.2) is 21.4 Å². The summed E-state index contributed by atoms with van der Waals surface area (Å²) >= 11 is 0. The largest absolute Gasteiger partial charge is 0.255 e. The van der Waals surface area contributed by atoms with Gasteiger partial charge in [-0.2, -0.15) is 0 Å². The highest BCUT2D eigenvalue weighted by Crippen LogP contribution is 2.38. The minimum Gasteiger partial charge on any atom is -0.255 e. The third-order valence-corrected chi connectivity index (χ3v) is 4.43. The molecule has 0 atom stereocenters. The average Bonchev–Trinajstić information content (AvgIpc) is 3.24. The molecule has 2 aliphatic rings. The number of pyridine rings is 2. The SMILES string of the molecule is c1ccc(C2=Nc3cc4c(cc3C2)N=C(c2ccccn2)C4)nc1. The first kappa shape index (κ1) is 13.3. The Morgan fingerprint density at radius 3 is 1.54 bits per heavy atom. The molecule has 0 saturated carbocycles. The van der Waals surface area contributed by atoms with Crippen molar-refractivity contribution < 1.29 is 0 Å². The molecule has 0 amide bonds. The van der Waals surface area contributed by atoms with E-state index in [2.05, 4.69) is 22.1 Å². The maximum atomic E-state index is 4.78. The molecular formula is C20H14N4. The molecule has 1 aromatic carbocycles. The fraction of sp³-hybridized carbons (Fsp3) is 0.100. The van der Waals surface area contributed by atoms with Gasteiger partial charge in [-0.25, -0.2) is 0 Å². The topological polar surface area (TPSA) is 50.5 Å². The molecule has 3 aromatic rings. The van der Waals surface area contributed by atoms with Crippen molar-refractivity contribution >= 4 is 22.8 Å². The number of aromatic nitrogens is 2. The monoisotopic (exact) mass is 310 g/mol. The van der Waals surface area contributed by atoms with Crippen LogP contribution in [0.5, 0.6) is 0 Å². The van der Waals surface area contributed by atoms with Crippen molar-refractivity contribution in [3.63, 3.8) is 0 Å². The molecule has 0 saturated heterocycles. The van der Waals surface area contributed by atoms with Crippen LogP contribution in [0.25, 0.3) is 0 Å². The third kappa shape index (κ3) is 2.15. The maximum absolute atomic E-state index is 4.78. The Hall–Kier alpha value is -3.14. The van der Waals surface area contributed by atoms with E-state index in [9.17, 15) is 0 Å². The summed E-state index contributed by atoms with van der Waals surface area (Å²) in [6.07, 6.45) is 5.25. The smallest absolute Gasteiger partial charge is 0.0848 e. The molecule has 4 nitrogen and oxygen atoms in total. The van der Waals surface area contributed by atoms with Gasteiger partial charge in [0.15, 0.2) is 0 Å². The van der Waals surface area contributed by atoms with Gasteiger partial charge in [0.05, 0.1) is 34.2 Å². The van der Waals surface area contributed by atoms with E-state index in [4.69, 9.17) is 9.98 Å². The lowest BCUT2D eigenvalue weighted by molar-refractivity contribution is 1.26. The fourth-order valence-electron chi connectivity index (χ4n) is 3.25. The van der Waals surface area contributed by atoms with Crippen LogP contribution in [0.1, 0.15) is 22.5 Å². The lowest BCUT2D eigenvalue weighted by Gasteiger charge is -2.01. The van der Waals surface area contributed by atoms with E-state index >= 15 is 0 Å². The second-order valence-corrected chi connectivity index (χ2v) is 6.01. The summed E-state index contributed by atoms with van der Waals surface area (Å²) in [4.78, 5) is 18.4. The molecule has 0 aliphatic carbocycles. The summed E-state index contributed by atoms with van der Waals surface area (Å²) in [6.45, 7) is 0. The molecule has 0 unspecified atom stereocenters. The van der Waals surface area contributed by atoms with E-state index in [-0.39, 0.29) is 0 Å². The van der Waals surface area contributed by atoms with Crippen LogP contribution in [0.15, 0.2) is 70.9 Å². The van der Waals surface area contributed by atoms with Gasteiger partial charge in [-0.15, -0.1) is 0 Å². The van der Waals surface area contributed by atoms with Crippen molar-refractivity contribution in [1.29, 1.82) is 0 Å². The Balaban J connectivity index is 1.48. The Bertz CT molecular complexity index is 906. The van der Waals surface area contributed by atoms with Crippen molar-refractivity contribution in [3.05, 3.63) is 83.4 Å². The van der Waals surface area contributed by atoms with Gasteiger partial charge in [0.1, 0.15) is 0 Å². The highest BCUT2D eigenvalue weighted by molar-refractivity contribution is 6.08. The number of rotatable bonds is 2. The molecule has 114 valence electrons. The van der Waals surface area contributed by atoms with Crippen LogP contribution < -0.4 is 0 Å². The maximum Gasteiger partial charge on any atom is 0.0848 e. The zero-order chi connectivity index (χ0) is 15.9. The first-order valence-corrected chi connectivity index (χ1v) is 8.00. The Kier molecular flexibility index (Phi) is 2.88. The highest BCUT2D eigenvalue weighted by Gasteiger charge is 2.23. The second kappa shape index (κ2) is 5.20. The quantitative estimate of drug-likeness (QED) is 0.722. The molecule has 4 heteroatoms. The first-order valence-electron chi connectivity index (χ1n) is 8.00. The van der Waals surface area contributed by atoms with Crippen LogP contribution in [-0.2, 0) is 12.8 Å². The van der Waals surface area contributed by atoms with Crippen LogP contribution in [0.2, 0.25) is 0 Å². The molecule has 0 fully saturated rings. The van der Waals surface area contributed by atoms with E-state index in [0.717, 1.165) is 47.0 Å². The lowest BCUT2D eigenvalue weighted by atomic mass is 10.0. The van der Waals surface area contributed by atoms with E-state index in [1.165, 1.54) is 11.1 Å². The van der Waals surface area contributed by atoms with E-state index in [1.54, 1.807) is 0 Å². The molecule has 24 heavy (non-hydrogen) atoms. The number of hydrogen-bond donors (Lipinski definition) is 0. The van der Waals surface area contributed by atoms with Crippen molar-refractivity contribution in [2.45, 2.75) is 12.8 Å². The predicted octanol–water partition coefficient (Wildman–Crippen LogP) is 3.83. The molecular weight excluding hydrogens is 296 g/mol. The molecule has 0 N–H and O–H groups in total. The van der Waals surface area contributed by atoms with Crippen molar-refractivity contribution in [3.8, 4) is 0 Å². The minimum atomic E-state index is 0.814. The second-order valence-electron chi connectivity index (χ2n) is 6.01. The Morgan fingerprint density at radius 1 is 0.625 bits per heavy atom. The van der Waals surface area contributed by atoms with Gasteiger partial charge < -0.3 is 0 Å². The number of fused-ring (bicyclic) bond motifs is 2. The van der Waals surface area contributed by atoms with Gasteiger partial charge in [0.2, 0.25) is 0 Å². The van der Waals surface area contributed by atoms with Gasteiger partial charge in [-0.1, -0.05) is 12.1 Å². The molecule has 0 bridgehead atoms. The van der Waals surface area contributed by atoms with Crippen LogP contribution in [0.3, 0.4) is 0 Å². The third-order valence-electron chi connectivity index (χ3n) is 4.43. The van der Waals surface area contributed by atoms with Crippen LogP contribution >= 0.6 is 0 Å². The lowest BCUT2D eigenvalue weighted by Crippen LogP contribution is -2.02. The zero-order valence-corrected chi connectivity index (χ0v) is 13.0. The Labute approximate surface area is 139 Å². The summed E-state index contributed by atoms with van der Waals surface area (Å²) in [5.74, 6) is 0. The summed E-state index contributed by atoms with van der Waals surface area (Å²) in [6, 6.07) is 16.2. The number of aliphatic imine (C=N–C) groups is 2. The number of benzene rings is 1. The molecule has 2 aromatic heterocycles. The average molecular weight is 310 g/mol. The van der Waals surface area contributed by atoms with Crippen molar-refractivity contribution in [2.24, 2.45) is 9.98 Å².